The Morgan fingerprint density at radius 3 is 2.50 bits per heavy atom. The van der Waals surface area contributed by atoms with Crippen molar-refractivity contribution in [2.75, 3.05) is 0 Å². The number of aromatic carboxylic acids is 1. The van der Waals surface area contributed by atoms with Crippen LogP contribution in [0.25, 0.3) is 5.69 Å². The first-order valence-electron chi connectivity index (χ1n) is 5.80. The number of benzene rings is 1. The summed E-state index contributed by atoms with van der Waals surface area (Å²) in [5.74, 6) is -3.06. The van der Waals surface area contributed by atoms with Gasteiger partial charge in [0.25, 0.3) is 0 Å². The molecule has 0 bridgehead atoms. The number of rotatable bonds is 3. The van der Waals surface area contributed by atoms with Crippen molar-refractivity contribution >= 4 is 17.6 Å². The Balaban J connectivity index is 2.69. The molecule has 0 aliphatic carbocycles. The van der Waals surface area contributed by atoms with Crippen LogP contribution in [0.3, 0.4) is 0 Å². The quantitative estimate of drug-likeness (QED) is 0.942. The van der Waals surface area contributed by atoms with Crippen LogP contribution < -0.4 is 0 Å². The fraction of sp³-hybridized carbons (Fsp3) is 0.231. The van der Waals surface area contributed by atoms with E-state index in [1.165, 1.54) is 0 Å². The zero-order valence-corrected chi connectivity index (χ0v) is 11.4. The zero-order chi connectivity index (χ0) is 15.0. The van der Waals surface area contributed by atoms with Crippen LogP contribution in [0, 0.1) is 11.6 Å². The Labute approximate surface area is 118 Å². The van der Waals surface area contributed by atoms with Gasteiger partial charge in [0.2, 0.25) is 0 Å². The number of halogens is 3. The molecule has 1 N–H and O–H groups in total. The Bertz CT molecular complexity index is 683. The molecular weight excluding hydrogens is 290 g/mol. The first-order valence-corrected chi connectivity index (χ1v) is 6.17. The first kappa shape index (κ1) is 14.5. The number of carboxylic acid groups (broad SMARTS) is 1. The van der Waals surface area contributed by atoms with Crippen molar-refractivity contribution in [3.8, 4) is 5.69 Å². The lowest BCUT2D eigenvalue weighted by Crippen LogP contribution is -2.02. The highest BCUT2D eigenvalue weighted by molar-refractivity contribution is 6.33. The summed E-state index contributed by atoms with van der Waals surface area (Å²) in [5, 5.41) is 13.0. The van der Waals surface area contributed by atoms with E-state index in [0.29, 0.717) is 6.07 Å². The summed E-state index contributed by atoms with van der Waals surface area (Å²) >= 11 is 5.97. The molecule has 0 aliphatic heterocycles. The van der Waals surface area contributed by atoms with Crippen molar-refractivity contribution in [3.05, 3.63) is 46.2 Å². The predicted octanol–water partition coefficient (Wildman–Crippen LogP) is 3.63. The second-order valence-corrected chi connectivity index (χ2v) is 4.88. The van der Waals surface area contributed by atoms with Crippen LogP contribution in [0.1, 0.15) is 35.8 Å². The van der Waals surface area contributed by atoms with Gasteiger partial charge in [-0.15, -0.1) is 0 Å². The minimum atomic E-state index is -1.24. The molecular formula is C13H11ClF2N2O2. The van der Waals surface area contributed by atoms with Crippen LogP contribution in [0.5, 0.6) is 0 Å². The average Bonchev–Trinajstić information content (AvgIpc) is 2.67. The normalized spacial score (nSPS) is 11.1. The molecule has 1 aromatic carbocycles. The van der Waals surface area contributed by atoms with E-state index in [2.05, 4.69) is 5.10 Å². The molecule has 20 heavy (non-hydrogen) atoms. The van der Waals surface area contributed by atoms with Gasteiger partial charge in [0.1, 0.15) is 22.2 Å². The van der Waals surface area contributed by atoms with Crippen LogP contribution in [0.4, 0.5) is 8.78 Å². The molecule has 0 aliphatic rings. The third-order valence-electron chi connectivity index (χ3n) is 2.75. The maximum absolute atomic E-state index is 13.8. The molecule has 1 aromatic heterocycles. The van der Waals surface area contributed by atoms with E-state index in [1.54, 1.807) is 13.8 Å². The van der Waals surface area contributed by atoms with E-state index < -0.39 is 17.6 Å². The zero-order valence-electron chi connectivity index (χ0n) is 10.7. The lowest BCUT2D eigenvalue weighted by atomic mass is 10.1. The minimum absolute atomic E-state index is 0.106. The van der Waals surface area contributed by atoms with E-state index in [-0.39, 0.29) is 28.0 Å². The summed E-state index contributed by atoms with van der Waals surface area (Å²) in [5.41, 5.74) is -0.0394. The molecule has 2 rings (SSSR count). The van der Waals surface area contributed by atoms with Crippen LogP contribution in [-0.4, -0.2) is 20.9 Å². The highest BCUT2D eigenvalue weighted by Crippen LogP contribution is 2.29. The van der Waals surface area contributed by atoms with Gasteiger partial charge >= 0.3 is 5.97 Å². The maximum atomic E-state index is 13.8. The smallest absolute Gasteiger partial charge is 0.340 e. The molecule has 0 saturated carbocycles. The molecule has 0 saturated heterocycles. The van der Waals surface area contributed by atoms with Crippen LogP contribution in [0.15, 0.2) is 18.2 Å². The third kappa shape index (κ3) is 2.38. The highest BCUT2D eigenvalue weighted by atomic mass is 35.5. The summed E-state index contributed by atoms with van der Waals surface area (Å²) in [6.07, 6.45) is 0. The van der Waals surface area contributed by atoms with Gasteiger partial charge < -0.3 is 5.11 Å². The van der Waals surface area contributed by atoms with Gasteiger partial charge in [-0.05, 0) is 18.1 Å². The molecule has 0 amide bonds. The summed E-state index contributed by atoms with van der Waals surface area (Å²) in [6, 6.07) is 2.88. The van der Waals surface area contributed by atoms with Gasteiger partial charge in [0.05, 0.1) is 5.69 Å². The van der Waals surface area contributed by atoms with E-state index >= 15 is 0 Å². The van der Waals surface area contributed by atoms with Crippen LogP contribution in [-0.2, 0) is 0 Å². The minimum Gasteiger partial charge on any atom is -0.478 e. The number of nitrogens with zero attached hydrogens (tertiary/aromatic N) is 2. The maximum Gasteiger partial charge on any atom is 0.340 e. The molecule has 0 atom stereocenters. The fourth-order valence-electron chi connectivity index (χ4n) is 1.83. The van der Waals surface area contributed by atoms with Gasteiger partial charge in [0.15, 0.2) is 5.82 Å². The van der Waals surface area contributed by atoms with Crippen molar-refractivity contribution in [1.29, 1.82) is 0 Å². The Hall–Kier alpha value is -1.95. The lowest BCUT2D eigenvalue weighted by Gasteiger charge is -2.04. The number of aromatic nitrogens is 2. The SMILES string of the molecule is CC(C)c1nn(-c2ccc(F)cc2F)c(Cl)c1C(=O)O. The van der Waals surface area contributed by atoms with E-state index in [0.717, 1.165) is 16.8 Å². The van der Waals surface area contributed by atoms with Gasteiger partial charge in [-0.25, -0.2) is 18.3 Å². The highest BCUT2D eigenvalue weighted by Gasteiger charge is 2.25. The van der Waals surface area contributed by atoms with Crippen molar-refractivity contribution in [2.24, 2.45) is 0 Å². The van der Waals surface area contributed by atoms with Gasteiger partial charge in [-0.3, -0.25) is 0 Å². The molecule has 106 valence electrons. The Kier molecular flexibility index (Phi) is 3.76. The summed E-state index contributed by atoms with van der Waals surface area (Å²) in [6.45, 7) is 3.49. The van der Waals surface area contributed by atoms with Crippen LogP contribution >= 0.6 is 11.6 Å². The number of hydrogen-bond donors (Lipinski definition) is 1. The van der Waals surface area contributed by atoms with Gasteiger partial charge in [-0.1, -0.05) is 25.4 Å². The molecule has 0 unspecified atom stereocenters. The topological polar surface area (TPSA) is 55.1 Å². The first-order chi connectivity index (χ1) is 9.32. The molecule has 4 nitrogen and oxygen atoms in total. The van der Waals surface area contributed by atoms with Crippen molar-refractivity contribution in [3.63, 3.8) is 0 Å². The Morgan fingerprint density at radius 2 is 2.05 bits per heavy atom. The predicted molar refractivity (Wildman–Crippen MR) is 69.5 cm³/mol. The third-order valence-corrected chi connectivity index (χ3v) is 3.10. The van der Waals surface area contributed by atoms with E-state index in [1.807, 2.05) is 0 Å². The average molecular weight is 301 g/mol. The molecule has 0 radical (unpaired) electrons. The Morgan fingerprint density at radius 1 is 1.40 bits per heavy atom. The second-order valence-electron chi connectivity index (χ2n) is 4.52. The number of hydrogen-bond acceptors (Lipinski definition) is 2. The molecule has 1 heterocycles. The van der Waals surface area contributed by atoms with Gasteiger partial charge in [0, 0.05) is 6.07 Å². The van der Waals surface area contributed by atoms with Crippen molar-refractivity contribution in [2.45, 2.75) is 19.8 Å². The number of carboxylic acids is 1. The van der Waals surface area contributed by atoms with E-state index in [4.69, 9.17) is 11.6 Å². The van der Waals surface area contributed by atoms with Crippen molar-refractivity contribution < 1.29 is 18.7 Å². The largest absolute Gasteiger partial charge is 0.478 e. The molecule has 0 spiro atoms. The summed E-state index contributed by atoms with van der Waals surface area (Å²) in [7, 11) is 0. The summed E-state index contributed by atoms with van der Waals surface area (Å²) < 4.78 is 27.6. The van der Waals surface area contributed by atoms with Crippen LogP contribution in [0.2, 0.25) is 5.15 Å². The molecule has 2 aromatic rings. The number of carbonyl (C=O) groups is 1. The van der Waals surface area contributed by atoms with Crippen molar-refractivity contribution in [1.82, 2.24) is 9.78 Å². The van der Waals surface area contributed by atoms with E-state index in [9.17, 15) is 18.7 Å². The second kappa shape index (κ2) is 5.20. The standard InChI is InChI=1S/C13H11ClF2N2O2/c1-6(2)11-10(13(19)20)12(14)18(17-11)9-4-3-7(15)5-8(9)16/h3-6H,1-2H3,(H,19,20). The molecule has 7 heteroatoms. The monoisotopic (exact) mass is 300 g/mol. The summed E-state index contributed by atoms with van der Waals surface area (Å²) in [4.78, 5) is 11.2. The lowest BCUT2D eigenvalue weighted by molar-refractivity contribution is 0.0695. The van der Waals surface area contributed by atoms with Gasteiger partial charge in [-0.2, -0.15) is 5.10 Å². The fourth-order valence-corrected chi connectivity index (χ4v) is 2.13. The molecule has 0 fully saturated rings.